The van der Waals surface area contributed by atoms with Crippen molar-refractivity contribution in [2.24, 2.45) is 0 Å². The topological polar surface area (TPSA) is 56.2 Å². The molecule has 5 nitrogen and oxygen atoms in total. The number of hydrogen-bond donors (Lipinski definition) is 1. The number of hydrogen-bond acceptors (Lipinski definition) is 3. The van der Waals surface area contributed by atoms with Gasteiger partial charge in [0.25, 0.3) is 0 Å². The molecule has 1 aromatic heterocycles. The van der Waals surface area contributed by atoms with Gasteiger partial charge in [0.05, 0.1) is 0 Å². The Morgan fingerprint density at radius 3 is 2.74 bits per heavy atom. The maximum Gasteiger partial charge on any atom is 0.435 e. The van der Waals surface area contributed by atoms with Gasteiger partial charge in [-0.05, 0) is 18.9 Å². The minimum Gasteiger partial charge on any atom is -0.381 e. The monoisotopic (exact) mass is 277 g/mol. The average molecular weight is 277 g/mol. The van der Waals surface area contributed by atoms with Gasteiger partial charge < -0.3 is 10.1 Å². The molecule has 1 fully saturated rings. The van der Waals surface area contributed by atoms with E-state index >= 15 is 0 Å². The second kappa shape index (κ2) is 5.60. The zero-order valence-electron chi connectivity index (χ0n) is 10.1. The van der Waals surface area contributed by atoms with Crippen LogP contribution in [0.25, 0.3) is 0 Å². The van der Waals surface area contributed by atoms with Gasteiger partial charge in [0, 0.05) is 25.5 Å². The summed E-state index contributed by atoms with van der Waals surface area (Å²) in [6, 6.07) is 0.876. The van der Waals surface area contributed by atoms with E-state index in [0.717, 1.165) is 29.8 Å². The number of carbonyl (C=O) groups excluding carboxylic acids is 1. The van der Waals surface area contributed by atoms with Gasteiger partial charge in [0.2, 0.25) is 5.91 Å². The Labute approximate surface area is 107 Å². The maximum absolute atomic E-state index is 12.3. The van der Waals surface area contributed by atoms with Crippen molar-refractivity contribution in [3.8, 4) is 0 Å². The third-order valence-corrected chi connectivity index (χ3v) is 2.82. The summed E-state index contributed by atoms with van der Waals surface area (Å²) in [6.07, 6.45) is -1.90. The molecule has 1 amide bonds. The van der Waals surface area contributed by atoms with Crippen molar-refractivity contribution in [3.63, 3.8) is 0 Å². The van der Waals surface area contributed by atoms with Crippen molar-refractivity contribution < 1.29 is 22.7 Å². The van der Waals surface area contributed by atoms with Crippen molar-refractivity contribution in [1.82, 2.24) is 15.1 Å². The average Bonchev–Trinajstić information content (AvgIpc) is 2.78. The number of nitrogens with one attached hydrogen (secondary N) is 1. The van der Waals surface area contributed by atoms with Gasteiger partial charge in [-0.15, -0.1) is 0 Å². The molecule has 0 spiro atoms. The number of ether oxygens (including phenoxy) is 1. The number of carbonyl (C=O) groups is 1. The van der Waals surface area contributed by atoms with Crippen LogP contribution in [-0.2, 0) is 22.3 Å². The normalized spacial score (nSPS) is 17.4. The van der Waals surface area contributed by atoms with Crippen molar-refractivity contribution in [2.45, 2.75) is 31.6 Å². The standard InChI is InChI=1S/C11H14F3N3O2/c12-11(13,14)9-1-4-17(16-9)7-10(18)15-8-2-5-19-6-3-8/h1,4,8H,2-3,5-7H2,(H,15,18). The van der Waals surface area contributed by atoms with Crippen molar-refractivity contribution >= 4 is 5.91 Å². The summed E-state index contributed by atoms with van der Waals surface area (Å²) in [5, 5.41) is 6.08. The summed E-state index contributed by atoms with van der Waals surface area (Å²) in [6.45, 7) is 0.962. The van der Waals surface area contributed by atoms with Gasteiger partial charge in [-0.1, -0.05) is 0 Å². The van der Waals surface area contributed by atoms with Crippen molar-refractivity contribution in [2.75, 3.05) is 13.2 Å². The highest BCUT2D eigenvalue weighted by molar-refractivity contribution is 5.75. The first-order valence-corrected chi connectivity index (χ1v) is 5.93. The lowest BCUT2D eigenvalue weighted by Gasteiger charge is -2.23. The molecule has 0 saturated carbocycles. The van der Waals surface area contributed by atoms with Crippen molar-refractivity contribution in [1.29, 1.82) is 0 Å². The van der Waals surface area contributed by atoms with Gasteiger partial charge in [0.15, 0.2) is 5.69 Å². The molecule has 8 heteroatoms. The van der Waals surface area contributed by atoms with E-state index in [2.05, 4.69) is 10.4 Å². The fraction of sp³-hybridized carbons (Fsp3) is 0.636. The minimum absolute atomic E-state index is 0.0268. The fourth-order valence-corrected chi connectivity index (χ4v) is 1.86. The highest BCUT2D eigenvalue weighted by atomic mass is 19.4. The molecule has 106 valence electrons. The van der Waals surface area contributed by atoms with Crippen LogP contribution in [0.1, 0.15) is 18.5 Å². The molecule has 1 saturated heterocycles. The van der Waals surface area contributed by atoms with Crippen LogP contribution in [0, 0.1) is 0 Å². The highest BCUT2D eigenvalue weighted by Crippen LogP contribution is 2.27. The summed E-state index contributed by atoms with van der Waals surface area (Å²) in [4.78, 5) is 11.6. The largest absolute Gasteiger partial charge is 0.435 e. The quantitative estimate of drug-likeness (QED) is 0.903. The molecule has 1 aromatic rings. The molecule has 2 rings (SSSR count). The molecule has 19 heavy (non-hydrogen) atoms. The molecule has 0 aromatic carbocycles. The lowest BCUT2D eigenvalue weighted by molar-refractivity contribution is -0.141. The summed E-state index contributed by atoms with van der Waals surface area (Å²) < 4.78 is 43.1. The summed E-state index contributed by atoms with van der Waals surface area (Å²) in [5.74, 6) is -0.344. The third kappa shape index (κ3) is 3.95. The Bertz CT molecular complexity index is 439. The van der Waals surface area contributed by atoms with E-state index in [-0.39, 0.29) is 18.5 Å². The zero-order valence-corrected chi connectivity index (χ0v) is 10.1. The Kier molecular flexibility index (Phi) is 4.08. The first-order valence-electron chi connectivity index (χ1n) is 5.93. The van der Waals surface area contributed by atoms with Crippen LogP contribution in [0.4, 0.5) is 13.2 Å². The minimum atomic E-state index is -4.48. The molecule has 1 aliphatic rings. The smallest absolute Gasteiger partial charge is 0.381 e. The van der Waals surface area contributed by atoms with Crippen LogP contribution in [0.5, 0.6) is 0 Å². The lowest BCUT2D eigenvalue weighted by Crippen LogP contribution is -2.40. The maximum atomic E-state index is 12.3. The number of nitrogens with zero attached hydrogens (tertiary/aromatic N) is 2. The third-order valence-electron chi connectivity index (χ3n) is 2.82. The zero-order chi connectivity index (χ0) is 13.9. The molecule has 0 bridgehead atoms. The van der Waals surface area contributed by atoms with Crippen LogP contribution in [0.3, 0.4) is 0 Å². The van der Waals surface area contributed by atoms with E-state index in [1.165, 1.54) is 0 Å². The van der Waals surface area contributed by atoms with Gasteiger partial charge in [-0.2, -0.15) is 18.3 Å². The lowest BCUT2D eigenvalue weighted by atomic mass is 10.1. The van der Waals surface area contributed by atoms with E-state index in [0.29, 0.717) is 13.2 Å². The molecule has 1 aliphatic heterocycles. The molecule has 1 N–H and O–H groups in total. The Balaban J connectivity index is 1.86. The fourth-order valence-electron chi connectivity index (χ4n) is 1.86. The second-order valence-electron chi connectivity index (χ2n) is 4.35. The summed E-state index contributed by atoms with van der Waals surface area (Å²) in [7, 11) is 0. The highest BCUT2D eigenvalue weighted by Gasteiger charge is 2.33. The number of halogens is 3. The SMILES string of the molecule is O=C(Cn1ccc(C(F)(F)F)n1)NC1CCOCC1. The van der Waals surface area contributed by atoms with Gasteiger partial charge in [-0.25, -0.2) is 0 Å². The van der Waals surface area contributed by atoms with Crippen molar-refractivity contribution in [3.05, 3.63) is 18.0 Å². The predicted molar refractivity (Wildman–Crippen MR) is 59.2 cm³/mol. The number of rotatable bonds is 3. The summed E-state index contributed by atoms with van der Waals surface area (Å²) in [5.41, 5.74) is -0.994. The van der Waals surface area contributed by atoms with Crippen LogP contribution in [0.15, 0.2) is 12.3 Å². The van der Waals surface area contributed by atoms with Crippen LogP contribution in [0.2, 0.25) is 0 Å². The molecule has 0 unspecified atom stereocenters. The van der Waals surface area contributed by atoms with E-state index in [9.17, 15) is 18.0 Å². The van der Waals surface area contributed by atoms with Crippen LogP contribution in [-0.4, -0.2) is 34.9 Å². The Morgan fingerprint density at radius 2 is 2.16 bits per heavy atom. The first kappa shape index (κ1) is 13.9. The molecule has 0 radical (unpaired) electrons. The molecule has 2 heterocycles. The molecular weight excluding hydrogens is 263 g/mol. The second-order valence-corrected chi connectivity index (χ2v) is 4.35. The molecule has 0 atom stereocenters. The Hall–Kier alpha value is -1.57. The van der Waals surface area contributed by atoms with E-state index in [1.807, 2.05) is 0 Å². The number of amides is 1. The summed E-state index contributed by atoms with van der Waals surface area (Å²) >= 11 is 0. The van der Waals surface area contributed by atoms with E-state index in [4.69, 9.17) is 4.74 Å². The van der Waals surface area contributed by atoms with Gasteiger partial charge >= 0.3 is 6.18 Å². The van der Waals surface area contributed by atoms with Gasteiger partial charge in [0.1, 0.15) is 6.54 Å². The van der Waals surface area contributed by atoms with Crippen LogP contribution >= 0.6 is 0 Å². The number of aromatic nitrogens is 2. The first-order chi connectivity index (χ1) is 8.95. The molecule has 0 aliphatic carbocycles. The van der Waals surface area contributed by atoms with E-state index in [1.54, 1.807) is 0 Å². The number of alkyl halides is 3. The Morgan fingerprint density at radius 1 is 1.47 bits per heavy atom. The van der Waals surface area contributed by atoms with Crippen LogP contribution < -0.4 is 5.32 Å². The molecular formula is C11H14F3N3O2. The van der Waals surface area contributed by atoms with Gasteiger partial charge in [-0.3, -0.25) is 9.48 Å². The van der Waals surface area contributed by atoms with E-state index < -0.39 is 11.9 Å². The predicted octanol–water partition coefficient (Wildman–Crippen LogP) is 1.20.